The Bertz CT molecular complexity index is 1540. The van der Waals surface area contributed by atoms with E-state index in [1.807, 2.05) is 0 Å². The van der Waals surface area contributed by atoms with Crippen molar-refractivity contribution >= 4 is 46.0 Å². The van der Waals surface area contributed by atoms with Crippen LogP contribution in [0.5, 0.6) is 5.75 Å². The molecule has 1 atom stereocenters. The Labute approximate surface area is 216 Å². The molecule has 5 amide bonds. The van der Waals surface area contributed by atoms with Gasteiger partial charge in [-0.15, -0.1) is 0 Å². The number of nitrogens with one attached hydrogen (secondary N) is 4. The molecule has 38 heavy (non-hydrogen) atoms. The molecule has 1 saturated carbocycles. The molecule has 1 aliphatic carbocycles. The molecule has 0 bridgehead atoms. The largest absolute Gasteiger partial charge is 0.496 e. The van der Waals surface area contributed by atoms with Crippen molar-refractivity contribution in [2.24, 2.45) is 0 Å². The number of carbonyl (C=O) groups is 4. The third-order valence-corrected chi connectivity index (χ3v) is 6.49. The number of aromatic nitrogens is 2. The number of anilines is 2. The third kappa shape index (κ3) is 4.92. The van der Waals surface area contributed by atoms with E-state index in [1.165, 1.54) is 23.8 Å². The first kappa shape index (κ1) is 24.9. The maximum Gasteiger partial charge on any atom is 0.319 e. The minimum absolute atomic E-state index is 0.103. The summed E-state index contributed by atoms with van der Waals surface area (Å²) in [5.74, 6) is -0.968. The normalized spacial score (nSPS) is 17.1. The van der Waals surface area contributed by atoms with Crippen LogP contribution in [0, 0.1) is 6.92 Å². The van der Waals surface area contributed by atoms with Crippen LogP contribution in [0.1, 0.15) is 47.9 Å². The molecular weight excluding hydrogens is 492 g/mol. The molecule has 3 aromatic rings. The molecule has 4 N–H and O–H groups in total. The number of fused-ring (bicyclic) bond motifs is 1. The van der Waals surface area contributed by atoms with Gasteiger partial charge >= 0.3 is 6.03 Å². The van der Waals surface area contributed by atoms with Crippen LogP contribution < -0.4 is 31.6 Å². The highest BCUT2D eigenvalue weighted by atomic mass is 16.5. The molecule has 2 fully saturated rings. The van der Waals surface area contributed by atoms with Gasteiger partial charge in [0.2, 0.25) is 11.8 Å². The number of benzene rings is 2. The van der Waals surface area contributed by atoms with E-state index in [9.17, 15) is 24.0 Å². The molecule has 1 aliphatic heterocycles. The average molecular weight is 519 g/mol. The topological polar surface area (TPSA) is 161 Å². The van der Waals surface area contributed by atoms with E-state index in [0.717, 1.165) is 12.8 Å². The van der Waals surface area contributed by atoms with Crippen molar-refractivity contribution in [1.82, 2.24) is 20.2 Å². The zero-order chi connectivity index (χ0) is 27.0. The molecule has 1 aromatic heterocycles. The maximum atomic E-state index is 13.6. The zero-order valence-electron chi connectivity index (χ0n) is 20.8. The number of piperidine rings is 1. The van der Waals surface area contributed by atoms with Gasteiger partial charge in [0.1, 0.15) is 17.6 Å². The smallest absolute Gasteiger partial charge is 0.319 e. The molecule has 2 aliphatic rings. The number of carbonyl (C=O) groups excluding carboxylic acids is 4. The van der Waals surface area contributed by atoms with Crippen molar-refractivity contribution < 1.29 is 23.9 Å². The minimum Gasteiger partial charge on any atom is -0.496 e. The van der Waals surface area contributed by atoms with Crippen molar-refractivity contribution in [2.75, 3.05) is 17.7 Å². The fraction of sp³-hybridized carbons (Fsp3) is 0.308. The summed E-state index contributed by atoms with van der Waals surface area (Å²) in [6.07, 6.45) is 2.18. The predicted octanol–water partition coefficient (Wildman–Crippen LogP) is 2.23. The van der Waals surface area contributed by atoms with E-state index < -0.39 is 29.3 Å². The average Bonchev–Trinajstić information content (AvgIpc) is 3.68. The Balaban J connectivity index is 1.45. The predicted molar refractivity (Wildman–Crippen MR) is 138 cm³/mol. The summed E-state index contributed by atoms with van der Waals surface area (Å²) in [4.78, 5) is 67.5. The molecule has 12 heteroatoms. The van der Waals surface area contributed by atoms with Gasteiger partial charge in [0.25, 0.3) is 11.5 Å². The lowest BCUT2D eigenvalue weighted by Gasteiger charge is -2.24. The van der Waals surface area contributed by atoms with E-state index in [2.05, 4.69) is 26.3 Å². The number of amides is 5. The lowest BCUT2D eigenvalue weighted by Crippen LogP contribution is -2.45. The number of methoxy groups -OCH3 is 1. The first-order valence-corrected chi connectivity index (χ1v) is 12.2. The lowest BCUT2D eigenvalue weighted by molar-refractivity contribution is -0.135. The molecule has 1 unspecified atom stereocenters. The summed E-state index contributed by atoms with van der Waals surface area (Å²) in [6, 6.07) is 8.45. The highest BCUT2D eigenvalue weighted by Crippen LogP contribution is 2.27. The van der Waals surface area contributed by atoms with Crippen LogP contribution in [0.3, 0.4) is 0 Å². The van der Waals surface area contributed by atoms with Gasteiger partial charge in [-0.05, 0) is 50.5 Å². The van der Waals surface area contributed by atoms with Crippen LogP contribution in [0.25, 0.3) is 10.9 Å². The number of hydrogen-bond donors (Lipinski definition) is 4. The SMILES string of the molecule is COc1cc(NC(=O)NC2CC2)ccc1C(=O)Nc1cccc2nc(C)n(C3CCC(=O)NC3=O)c(=O)c12. The van der Waals surface area contributed by atoms with Crippen molar-refractivity contribution in [2.45, 2.75) is 44.7 Å². The van der Waals surface area contributed by atoms with Gasteiger partial charge in [-0.25, -0.2) is 9.78 Å². The first-order chi connectivity index (χ1) is 18.2. The molecular formula is C26H26N6O6. The zero-order valence-corrected chi connectivity index (χ0v) is 20.8. The highest BCUT2D eigenvalue weighted by Gasteiger charge is 2.31. The second-order valence-electron chi connectivity index (χ2n) is 9.24. The number of urea groups is 1. The van der Waals surface area contributed by atoms with Gasteiger partial charge in [0, 0.05) is 24.2 Å². The van der Waals surface area contributed by atoms with Gasteiger partial charge in [-0.3, -0.25) is 29.1 Å². The molecule has 0 spiro atoms. The molecule has 12 nitrogen and oxygen atoms in total. The Morgan fingerprint density at radius 2 is 1.87 bits per heavy atom. The van der Waals surface area contributed by atoms with E-state index >= 15 is 0 Å². The highest BCUT2D eigenvalue weighted by molar-refractivity contribution is 6.10. The van der Waals surface area contributed by atoms with E-state index in [0.29, 0.717) is 17.0 Å². The number of nitrogens with zero attached hydrogens (tertiary/aromatic N) is 2. The minimum atomic E-state index is -0.891. The van der Waals surface area contributed by atoms with Crippen molar-refractivity contribution in [3.8, 4) is 5.75 Å². The number of hydrogen-bond acceptors (Lipinski definition) is 7. The van der Waals surface area contributed by atoms with Gasteiger partial charge in [0.15, 0.2) is 0 Å². The Morgan fingerprint density at radius 3 is 2.58 bits per heavy atom. The standard InChI is InChI=1S/C26H26N6O6/c1-13-27-17-4-3-5-18(22(17)25(36)32(13)19-10-11-21(33)31-24(19)35)30-23(34)16-9-8-15(12-20(16)38-2)29-26(37)28-14-6-7-14/h3-5,8-9,12,14,19H,6-7,10-11H2,1-2H3,(H,30,34)(H2,28,29,37)(H,31,33,35). The monoisotopic (exact) mass is 518 g/mol. The molecule has 5 rings (SSSR count). The molecule has 196 valence electrons. The second-order valence-corrected chi connectivity index (χ2v) is 9.24. The fourth-order valence-corrected chi connectivity index (χ4v) is 4.48. The quantitative estimate of drug-likeness (QED) is 0.364. The van der Waals surface area contributed by atoms with E-state index in [-0.39, 0.29) is 47.3 Å². The first-order valence-electron chi connectivity index (χ1n) is 12.2. The summed E-state index contributed by atoms with van der Waals surface area (Å²) >= 11 is 0. The van der Waals surface area contributed by atoms with Gasteiger partial charge in [-0.2, -0.15) is 0 Å². The van der Waals surface area contributed by atoms with Gasteiger partial charge in [-0.1, -0.05) is 6.07 Å². The Hall–Kier alpha value is -4.74. The molecule has 2 aromatic carbocycles. The Kier molecular flexibility index (Phi) is 6.53. The fourth-order valence-electron chi connectivity index (χ4n) is 4.48. The van der Waals surface area contributed by atoms with Crippen LogP contribution >= 0.6 is 0 Å². The van der Waals surface area contributed by atoms with Crippen molar-refractivity contribution in [3.05, 3.63) is 58.1 Å². The summed E-state index contributed by atoms with van der Waals surface area (Å²) in [5.41, 5.74) is 0.684. The van der Waals surface area contributed by atoms with E-state index in [1.54, 1.807) is 31.2 Å². The van der Waals surface area contributed by atoms with Crippen molar-refractivity contribution in [3.63, 3.8) is 0 Å². The van der Waals surface area contributed by atoms with Crippen LogP contribution in [-0.2, 0) is 9.59 Å². The van der Waals surface area contributed by atoms with Gasteiger partial charge in [0.05, 0.1) is 29.3 Å². The summed E-state index contributed by atoms with van der Waals surface area (Å²) in [6.45, 7) is 1.61. The second kappa shape index (κ2) is 9.96. The molecule has 0 radical (unpaired) electrons. The van der Waals surface area contributed by atoms with Crippen LogP contribution in [0.15, 0.2) is 41.2 Å². The number of imide groups is 1. The van der Waals surface area contributed by atoms with Crippen LogP contribution in [0.2, 0.25) is 0 Å². The van der Waals surface area contributed by atoms with E-state index in [4.69, 9.17) is 4.74 Å². The summed E-state index contributed by atoms with van der Waals surface area (Å²) < 4.78 is 6.64. The number of ether oxygens (including phenoxy) is 1. The summed E-state index contributed by atoms with van der Waals surface area (Å²) in [7, 11) is 1.41. The van der Waals surface area contributed by atoms with Crippen molar-refractivity contribution in [1.29, 1.82) is 0 Å². The lowest BCUT2D eigenvalue weighted by atomic mass is 10.0. The molecule has 2 heterocycles. The summed E-state index contributed by atoms with van der Waals surface area (Å²) in [5, 5.41) is 10.7. The maximum absolute atomic E-state index is 13.6. The number of aryl methyl sites for hydroxylation is 1. The number of rotatable bonds is 6. The third-order valence-electron chi connectivity index (χ3n) is 6.49. The Morgan fingerprint density at radius 1 is 1.08 bits per heavy atom. The van der Waals surface area contributed by atoms with Crippen LogP contribution in [0.4, 0.5) is 16.2 Å². The molecule has 1 saturated heterocycles. The van der Waals surface area contributed by atoms with Crippen LogP contribution in [-0.4, -0.2) is 46.5 Å². The van der Waals surface area contributed by atoms with Gasteiger partial charge < -0.3 is 20.7 Å².